The minimum absolute atomic E-state index is 0.125. The number of halogens is 1. The molecule has 0 saturated heterocycles. The Hall–Kier alpha value is -1.13. The summed E-state index contributed by atoms with van der Waals surface area (Å²) in [5, 5.41) is 7.22. The van der Waals surface area contributed by atoms with Crippen LogP contribution in [0.5, 0.6) is 0 Å². The van der Waals surface area contributed by atoms with Crippen LogP contribution < -0.4 is 5.32 Å². The number of hydrogen-bond donors (Lipinski definition) is 1. The van der Waals surface area contributed by atoms with Gasteiger partial charge >= 0.3 is 0 Å². The molecule has 2 aromatic rings. The van der Waals surface area contributed by atoms with Crippen molar-refractivity contribution < 1.29 is 4.79 Å². The number of nitrogens with one attached hydrogen (secondary N) is 1. The van der Waals surface area contributed by atoms with E-state index in [-0.39, 0.29) is 10.7 Å². The highest BCUT2D eigenvalue weighted by Gasteiger charge is 2.16. The van der Waals surface area contributed by atoms with Crippen molar-refractivity contribution in [3.8, 4) is 0 Å². The third kappa shape index (κ3) is 2.74. The summed E-state index contributed by atoms with van der Waals surface area (Å²) in [6.07, 6.45) is 2.51. The van der Waals surface area contributed by atoms with Crippen LogP contribution in [-0.4, -0.2) is 5.91 Å². The SMILES string of the molecule is O=C1CCCc2cc(C(Br)c3ccsc3)ccc2N1. The van der Waals surface area contributed by atoms with Gasteiger partial charge in [-0.2, -0.15) is 11.3 Å². The summed E-state index contributed by atoms with van der Waals surface area (Å²) in [6, 6.07) is 8.45. The molecule has 0 bridgehead atoms. The number of thiophene rings is 1. The minimum Gasteiger partial charge on any atom is -0.326 e. The molecule has 1 aromatic carbocycles. The number of amides is 1. The Labute approximate surface area is 125 Å². The zero-order chi connectivity index (χ0) is 13.2. The highest BCUT2D eigenvalue weighted by atomic mass is 79.9. The van der Waals surface area contributed by atoms with Crippen LogP contribution in [0.1, 0.15) is 34.4 Å². The van der Waals surface area contributed by atoms with Crippen molar-refractivity contribution in [2.24, 2.45) is 0 Å². The largest absolute Gasteiger partial charge is 0.326 e. The van der Waals surface area contributed by atoms with Gasteiger partial charge in [0, 0.05) is 12.1 Å². The lowest BCUT2D eigenvalue weighted by Crippen LogP contribution is -2.09. The smallest absolute Gasteiger partial charge is 0.224 e. The number of carbonyl (C=O) groups excluding carboxylic acids is 1. The predicted molar refractivity (Wildman–Crippen MR) is 83.1 cm³/mol. The van der Waals surface area contributed by atoms with Gasteiger partial charge in [0.05, 0.1) is 4.83 Å². The molecule has 0 radical (unpaired) electrons. The van der Waals surface area contributed by atoms with E-state index in [1.165, 1.54) is 16.7 Å². The topological polar surface area (TPSA) is 29.1 Å². The van der Waals surface area contributed by atoms with E-state index in [4.69, 9.17) is 0 Å². The maximum absolute atomic E-state index is 11.5. The second-order valence-corrected chi connectivity index (χ2v) is 6.43. The molecule has 1 aromatic heterocycles. The lowest BCUT2D eigenvalue weighted by Gasteiger charge is -2.13. The van der Waals surface area contributed by atoms with Crippen LogP contribution >= 0.6 is 27.3 Å². The van der Waals surface area contributed by atoms with E-state index in [0.717, 1.165) is 18.5 Å². The summed E-state index contributed by atoms with van der Waals surface area (Å²) in [6.45, 7) is 0. The van der Waals surface area contributed by atoms with Gasteiger partial charge in [-0.3, -0.25) is 4.79 Å². The van der Waals surface area contributed by atoms with Crippen molar-refractivity contribution in [1.29, 1.82) is 0 Å². The summed E-state index contributed by atoms with van der Waals surface area (Å²) in [5.74, 6) is 0.125. The maximum Gasteiger partial charge on any atom is 0.224 e. The Bertz CT molecular complexity index is 594. The number of fused-ring (bicyclic) bond motifs is 1. The molecule has 1 aliphatic rings. The minimum atomic E-state index is 0.125. The molecule has 1 N–H and O–H groups in total. The normalized spacial score (nSPS) is 16.4. The van der Waals surface area contributed by atoms with Crippen LogP contribution in [-0.2, 0) is 11.2 Å². The van der Waals surface area contributed by atoms with Gasteiger partial charge < -0.3 is 5.32 Å². The van der Waals surface area contributed by atoms with Gasteiger partial charge in [0.25, 0.3) is 0 Å². The molecule has 0 spiro atoms. The quantitative estimate of drug-likeness (QED) is 0.804. The first kappa shape index (κ1) is 12.9. The van der Waals surface area contributed by atoms with Crippen LogP contribution in [0.2, 0.25) is 0 Å². The number of rotatable bonds is 2. The molecule has 1 aliphatic heterocycles. The van der Waals surface area contributed by atoms with Crippen LogP contribution in [0.4, 0.5) is 5.69 Å². The molecular formula is C15H14BrNOS. The first-order valence-corrected chi connectivity index (χ1v) is 8.19. The standard InChI is InChI=1S/C15H14BrNOS/c16-15(12-6-7-19-9-12)11-4-5-13-10(8-11)2-1-3-14(18)17-13/h4-9,15H,1-3H2,(H,17,18). The predicted octanol–water partition coefficient (Wildman–Crippen LogP) is 4.51. The molecule has 1 atom stereocenters. The highest BCUT2D eigenvalue weighted by Crippen LogP contribution is 2.34. The molecule has 1 unspecified atom stereocenters. The van der Waals surface area contributed by atoms with Crippen molar-refractivity contribution in [3.63, 3.8) is 0 Å². The van der Waals surface area contributed by atoms with E-state index in [9.17, 15) is 4.79 Å². The van der Waals surface area contributed by atoms with Crippen LogP contribution in [0.15, 0.2) is 35.0 Å². The number of alkyl halides is 1. The first-order valence-electron chi connectivity index (χ1n) is 6.33. The summed E-state index contributed by atoms with van der Waals surface area (Å²) < 4.78 is 0. The zero-order valence-corrected chi connectivity index (χ0v) is 12.8. The summed E-state index contributed by atoms with van der Waals surface area (Å²) in [4.78, 5) is 11.8. The fourth-order valence-corrected chi connectivity index (χ4v) is 3.79. The highest BCUT2D eigenvalue weighted by molar-refractivity contribution is 9.09. The van der Waals surface area contributed by atoms with Gasteiger partial charge in [0.15, 0.2) is 0 Å². The molecule has 0 saturated carbocycles. The second-order valence-electron chi connectivity index (χ2n) is 4.74. The Kier molecular flexibility index (Phi) is 3.71. The number of hydrogen-bond acceptors (Lipinski definition) is 2. The van der Waals surface area contributed by atoms with Gasteiger partial charge in [0.1, 0.15) is 0 Å². The Balaban J connectivity index is 1.93. The molecule has 2 heterocycles. The lowest BCUT2D eigenvalue weighted by molar-refractivity contribution is -0.116. The maximum atomic E-state index is 11.5. The van der Waals surface area contributed by atoms with Crippen LogP contribution in [0, 0.1) is 0 Å². The van der Waals surface area contributed by atoms with Gasteiger partial charge in [-0.25, -0.2) is 0 Å². The molecule has 98 valence electrons. The molecule has 1 amide bonds. The van der Waals surface area contributed by atoms with E-state index in [0.29, 0.717) is 6.42 Å². The Morgan fingerprint density at radius 1 is 1.21 bits per heavy atom. The van der Waals surface area contributed by atoms with Gasteiger partial charge in [-0.1, -0.05) is 28.1 Å². The number of carbonyl (C=O) groups is 1. The van der Waals surface area contributed by atoms with E-state index in [2.05, 4.69) is 50.2 Å². The monoisotopic (exact) mass is 335 g/mol. The first-order chi connectivity index (χ1) is 9.24. The van der Waals surface area contributed by atoms with E-state index in [1.807, 2.05) is 6.07 Å². The van der Waals surface area contributed by atoms with E-state index >= 15 is 0 Å². The average Bonchev–Trinajstić information content (AvgIpc) is 2.87. The molecule has 4 heteroatoms. The van der Waals surface area contributed by atoms with Crippen molar-refractivity contribution in [2.75, 3.05) is 5.32 Å². The molecule has 0 aliphatic carbocycles. The molecule has 2 nitrogen and oxygen atoms in total. The lowest BCUT2D eigenvalue weighted by atomic mass is 10.0. The number of benzene rings is 1. The Morgan fingerprint density at radius 3 is 2.89 bits per heavy atom. The average molecular weight is 336 g/mol. The molecule has 0 fully saturated rings. The molecule has 19 heavy (non-hydrogen) atoms. The van der Waals surface area contributed by atoms with Gasteiger partial charge in [-0.15, -0.1) is 0 Å². The van der Waals surface area contributed by atoms with Crippen LogP contribution in [0.3, 0.4) is 0 Å². The van der Waals surface area contributed by atoms with E-state index < -0.39 is 0 Å². The van der Waals surface area contributed by atoms with Gasteiger partial charge in [-0.05, 0) is 52.4 Å². The summed E-state index contributed by atoms with van der Waals surface area (Å²) >= 11 is 5.46. The summed E-state index contributed by atoms with van der Waals surface area (Å²) in [5.41, 5.74) is 4.73. The van der Waals surface area contributed by atoms with Crippen molar-refractivity contribution in [2.45, 2.75) is 24.1 Å². The summed E-state index contributed by atoms with van der Waals surface area (Å²) in [7, 11) is 0. The van der Waals surface area contributed by atoms with Crippen molar-refractivity contribution in [1.82, 2.24) is 0 Å². The third-order valence-corrected chi connectivity index (χ3v) is 5.14. The number of aryl methyl sites for hydroxylation is 1. The Morgan fingerprint density at radius 2 is 2.11 bits per heavy atom. The fourth-order valence-electron chi connectivity index (χ4n) is 2.36. The van der Waals surface area contributed by atoms with Crippen molar-refractivity contribution in [3.05, 3.63) is 51.7 Å². The molecule has 3 rings (SSSR count). The van der Waals surface area contributed by atoms with Crippen LogP contribution in [0.25, 0.3) is 0 Å². The zero-order valence-electron chi connectivity index (χ0n) is 10.4. The molecular weight excluding hydrogens is 322 g/mol. The number of anilines is 1. The third-order valence-electron chi connectivity index (χ3n) is 3.38. The van der Waals surface area contributed by atoms with Gasteiger partial charge in [0.2, 0.25) is 5.91 Å². The van der Waals surface area contributed by atoms with E-state index in [1.54, 1.807) is 11.3 Å². The second kappa shape index (κ2) is 5.47. The fraction of sp³-hybridized carbons (Fsp3) is 0.267. The van der Waals surface area contributed by atoms with Crippen molar-refractivity contribution >= 4 is 38.9 Å².